The quantitative estimate of drug-likeness (QED) is 0.812. The van der Waals surface area contributed by atoms with Crippen molar-refractivity contribution in [2.24, 2.45) is 0 Å². The van der Waals surface area contributed by atoms with Crippen LogP contribution in [0.15, 0.2) is 29.2 Å². The maximum Gasteiger partial charge on any atom is 0.317 e. The second-order valence-corrected chi connectivity index (χ2v) is 8.16. The highest BCUT2D eigenvalue weighted by Crippen LogP contribution is 2.25. The van der Waals surface area contributed by atoms with Crippen molar-refractivity contribution in [2.75, 3.05) is 13.1 Å². The summed E-state index contributed by atoms with van der Waals surface area (Å²) in [7, 11) is -4.16. The van der Waals surface area contributed by atoms with Crippen LogP contribution in [0.2, 0.25) is 0 Å². The minimum atomic E-state index is -4.16. The second-order valence-electron chi connectivity index (χ2n) is 6.25. The Kier molecular flexibility index (Phi) is 5.19. The minimum absolute atomic E-state index is 0.0225. The Hall–Kier alpha value is -2.13. The topological polar surface area (TPSA) is 72.4 Å². The lowest BCUT2D eigenvalue weighted by atomic mass is 10.1. The summed E-state index contributed by atoms with van der Waals surface area (Å²) in [6, 6.07) is 4.38. The molecule has 0 bridgehead atoms. The predicted molar refractivity (Wildman–Crippen MR) is 90.3 cm³/mol. The first-order valence-corrected chi connectivity index (χ1v) is 9.64. The molecule has 0 spiro atoms. The Morgan fingerprint density at radius 1 is 1.15 bits per heavy atom. The van der Waals surface area contributed by atoms with E-state index >= 15 is 0 Å². The normalized spacial score (nSPS) is 18.7. The van der Waals surface area contributed by atoms with Crippen LogP contribution in [0.4, 0.5) is 8.78 Å². The maximum absolute atomic E-state index is 13.9. The fraction of sp³-hybridized carbons (Fsp3) is 0.412. The molecular formula is C17H19F2N3O3S. The molecular weight excluding hydrogens is 364 g/mol. The molecule has 1 aliphatic rings. The minimum Gasteiger partial charge on any atom is -0.459 e. The van der Waals surface area contributed by atoms with E-state index in [9.17, 15) is 17.2 Å². The van der Waals surface area contributed by atoms with Gasteiger partial charge in [-0.15, -0.1) is 0 Å². The number of piperidine rings is 1. The van der Waals surface area contributed by atoms with Crippen LogP contribution in [-0.4, -0.2) is 41.9 Å². The molecule has 1 atom stereocenters. The zero-order valence-corrected chi connectivity index (χ0v) is 15.3. The molecule has 6 nitrogen and oxygen atoms in total. The average molecular weight is 383 g/mol. The average Bonchev–Trinajstić information content (AvgIpc) is 2.56. The number of hydrogen-bond acceptors (Lipinski definition) is 5. The largest absolute Gasteiger partial charge is 0.459 e. The zero-order valence-electron chi connectivity index (χ0n) is 14.4. The fourth-order valence-electron chi connectivity index (χ4n) is 2.93. The van der Waals surface area contributed by atoms with Crippen molar-refractivity contribution in [1.29, 1.82) is 0 Å². The third-order valence-electron chi connectivity index (χ3n) is 4.09. The number of sulfonamides is 1. The Morgan fingerprint density at radius 2 is 1.85 bits per heavy atom. The van der Waals surface area contributed by atoms with Gasteiger partial charge in [0, 0.05) is 17.9 Å². The summed E-state index contributed by atoms with van der Waals surface area (Å²) >= 11 is 0. The van der Waals surface area contributed by atoms with Crippen LogP contribution in [-0.2, 0) is 10.0 Å². The Morgan fingerprint density at radius 3 is 2.54 bits per heavy atom. The van der Waals surface area contributed by atoms with Crippen LogP contribution in [0.3, 0.4) is 0 Å². The number of aryl methyl sites for hydroxylation is 2. The smallest absolute Gasteiger partial charge is 0.317 e. The second kappa shape index (κ2) is 7.24. The van der Waals surface area contributed by atoms with Gasteiger partial charge in [-0.25, -0.2) is 27.2 Å². The van der Waals surface area contributed by atoms with Gasteiger partial charge >= 0.3 is 6.01 Å². The molecule has 1 fully saturated rings. The summed E-state index contributed by atoms with van der Waals surface area (Å²) in [5.74, 6) is -1.79. The standard InChI is InChI=1S/C17H19F2N3O3S/c1-11-8-12(2)21-17(20-11)25-14-4-3-7-22(10-14)26(23,24)16-9-13(18)5-6-15(16)19/h5-6,8-9,14H,3-4,7,10H2,1-2H3. The molecule has 9 heteroatoms. The van der Waals surface area contributed by atoms with Crippen molar-refractivity contribution in [3.8, 4) is 6.01 Å². The molecule has 1 aliphatic heterocycles. The van der Waals surface area contributed by atoms with E-state index in [1.165, 1.54) is 0 Å². The van der Waals surface area contributed by atoms with Gasteiger partial charge in [0.25, 0.3) is 0 Å². The van der Waals surface area contributed by atoms with E-state index in [1.54, 1.807) is 6.07 Å². The van der Waals surface area contributed by atoms with E-state index in [0.29, 0.717) is 18.9 Å². The number of halogens is 2. The summed E-state index contributed by atoms with van der Waals surface area (Å²) in [5, 5.41) is 0. The van der Waals surface area contributed by atoms with E-state index in [0.717, 1.165) is 27.8 Å². The molecule has 0 aliphatic carbocycles. The van der Waals surface area contributed by atoms with Crippen LogP contribution in [0.1, 0.15) is 24.2 Å². The maximum atomic E-state index is 13.9. The van der Waals surface area contributed by atoms with Gasteiger partial charge in [-0.2, -0.15) is 4.31 Å². The third-order valence-corrected chi connectivity index (χ3v) is 5.97. The van der Waals surface area contributed by atoms with Gasteiger partial charge < -0.3 is 4.74 Å². The molecule has 1 unspecified atom stereocenters. The van der Waals surface area contributed by atoms with Gasteiger partial charge in [-0.1, -0.05) is 0 Å². The summed E-state index contributed by atoms with van der Waals surface area (Å²) in [5.41, 5.74) is 1.49. The highest BCUT2D eigenvalue weighted by molar-refractivity contribution is 7.89. The third kappa shape index (κ3) is 3.99. The molecule has 3 rings (SSSR count). The lowest BCUT2D eigenvalue weighted by Crippen LogP contribution is -2.44. The van der Waals surface area contributed by atoms with Gasteiger partial charge in [-0.05, 0) is 51.0 Å². The molecule has 140 valence electrons. The van der Waals surface area contributed by atoms with E-state index < -0.39 is 32.7 Å². The summed E-state index contributed by atoms with van der Waals surface area (Å²) < 4.78 is 59.6. The van der Waals surface area contributed by atoms with Crippen molar-refractivity contribution in [3.05, 3.63) is 47.3 Å². The Labute approximate surface area is 150 Å². The highest BCUT2D eigenvalue weighted by atomic mass is 32.2. The summed E-state index contributed by atoms with van der Waals surface area (Å²) in [6.07, 6.45) is 0.691. The molecule has 0 N–H and O–H groups in total. The fourth-order valence-corrected chi connectivity index (χ4v) is 4.51. The van der Waals surface area contributed by atoms with Crippen LogP contribution >= 0.6 is 0 Å². The SMILES string of the molecule is Cc1cc(C)nc(OC2CCCN(S(=O)(=O)c3cc(F)ccc3F)C2)n1. The van der Waals surface area contributed by atoms with Gasteiger partial charge in [0.15, 0.2) is 0 Å². The van der Waals surface area contributed by atoms with Crippen LogP contribution in [0.25, 0.3) is 0 Å². The number of nitrogens with zero attached hydrogens (tertiary/aromatic N) is 3. The van der Waals surface area contributed by atoms with Gasteiger partial charge in [-0.3, -0.25) is 0 Å². The molecule has 2 heterocycles. The Bertz CT molecular complexity index is 901. The van der Waals surface area contributed by atoms with Crippen molar-refractivity contribution in [1.82, 2.24) is 14.3 Å². The molecule has 26 heavy (non-hydrogen) atoms. The van der Waals surface area contributed by atoms with Crippen LogP contribution in [0, 0.1) is 25.5 Å². The lowest BCUT2D eigenvalue weighted by molar-refractivity contribution is 0.118. The summed E-state index contributed by atoms with van der Waals surface area (Å²) in [4.78, 5) is 7.71. The predicted octanol–water partition coefficient (Wildman–Crippen LogP) is 2.60. The van der Waals surface area contributed by atoms with Crippen molar-refractivity contribution >= 4 is 10.0 Å². The van der Waals surface area contributed by atoms with E-state index in [-0.39, 0.29) is 19.1 Å². The molecule has 2 aromatic rings. The molecule has 1 aromatic heterocycles. The number of benzene rings is 1. The number of ether oxygens (including phenoxy) is 1. The number of rotatable bonds is 4. The van der Waals surface area contributed by atoms with Crippen LogP contribution < -0.4 is 4.74 Å². The molecule has 0 radical (unpaired) electrons. The van der Waals surface area contributed by atoms with Gasteiger partial charge in [0.05, 0.1) is 6.54 Å². The van der Waals surface area contributed by atoms with Gasteiger partial charge in [0.2, 0.25) is 10.0 Å². The zero-order chi connectivity index (χ0) is 18.9. The molecule has 0 saturated carbocycles. The molecule has 1 aromatic carbocycles. The number of hydrogen-bond donors (Lipinski definition) is 0. The van der Waals surface area contributed by atoms with E-state index in [4.69, 9.17) is 4.74 Å². The Balaban J connectivity index is 1.80. The summed E-state index contributed by atoms with van der Waals surface area (Å²) in [6.45, 7) is 3.86. The molecule has 1 saturated heterocycles. The first-order valence-electron chi connectivity index (χ1n) is 8.20. The van der Waals surface area contributed by atoms with Crippen molar-refractivity contribution in [2.45, 2.75) is 37.7 Å². The first-order chi connectivity index (χ1) is 12.3. The van der Waals surface area contributed by atoms with Gasteiger partial charge in [0.1, 0.15) is 22.6 Å². The van der Waals surface area contributed by atoms with E-state index in [2.05, 4.69) is 9.97 Å². The monoisotopic (exact) mass is 383 g/mol. The first kappa shape index (κ1) is 18.7. The van der Waals surface area contributed by atoms with Crippen molar-refractivity contribution in [3.63, 3.8) is 0 Å². The van der Waals surface area contributed by atoms with Crippen molar-refractivity contribution < 1.29 is 21.9 Å². The van der Waals surface area contributed by atoms with Crippen LogP contribution in [0.5, 0.6) is 6.01 Å². The molecule has 0 amide bonds. The highest BCUT2D eigenvalue weighted by Gasteiger charge is 2.33. The number of aromatic nitrogens is 2. The lowest BCUT2D eigenvalue weighted by Gasteiger charge is -2.31. The van der Waals surface area contributed by atoms with E-state index in [1.807, 2.05) is 13.8 Å².